The molecular formula is C21H22N4O2. The molecular weight excluding hydrogens is 340 g/mol. The SMILES string of the molecule is COC(=O)c1ccc(CCNc2nc(-c3ccccn3)nc(C)c2C)cc1. The van der Waals surface area contributed by atoms with E-state index >= 15 is 0 Å². The zero-order valence-electron chi connectivity index (χ0n) is 15.7. The molecule has 27 heavy (non-hydrogen) atoms. The van der Waals surface area contributed by atoms with Gasteiger partial charge in [-0.05, 0) is 50.1 Å². The molecule has 3 aromatic rings. The second-order valence-electron chi connectivity index (χ2n) is 6.19. The van der Waals surface area contributed by atoms with Crippen molar-refractivity contribution in [2.75, 3.05) is 19.0 Å². The summed E-state index contributed by atoms with van der Waals surface area (Å²) in [4.78, 5) is 25.0. The third-order valence-corrected chi connectivity index (χ3v) is 4.36. The molecule has 6 heteroatoms. The van der Waals surface area contributed by atoms with Crippen molar-refractivity contribution >= 4 is 11.8 Å². The Morgan fingerprint density at radius 1 is 1.07 bits per heavy atom. The van der Waals surface area contributed by atoms with Crippen molar-refractivity contribution in [2.24, 2.45) is 0 Å². The van der Waals surface area contributed by atoms with E-state index < -0.39 is 0 Å². The largest absolute Gasteiger partial charge is 0.465 e. The van der Waals surface area contributed by atoms with Gasteiger partial charge >= 0.3 is 5.97 Å². The van der Waals surface area contributed by atoms with Crippen molar-refractivity contribution in [3.63, 3.8) is 0 Å². The summed E-state index contributed by atoms with van der Waals surface area (Å²) in [5.41, 5.74) is 4.38. The van der Waals surface area contributed by atoms with E-state index in [9.17, 15) is 4.79 Å². The molecule has 2 heterocycles. The van der Waals surface area contributed by atoms with Gasteiger partial charge in [0.2, 0.25) is 0 Å². The summed E-state index contributed by atoms with van der Waals surface area (Å²) in [6.07, 6.45) is 2.54. The van der Waals surface area contributed by atoms with Crippen molar-refractivity contribution < 1.29 is 9.53 Å². The van der Waals surface area contributed by atoms with E-state index in [0.29, 0.717) is 11.4 Å². The molecule has 0 aliphatic rings. The molecule has 0 spiro atoms. The quantitative estimate of drug-likeness (QED) is 0.675. The van der Waals surface area contributed by atoms with Gasteiger partial charge in [-0.2, -0.15) is 0 Å². The molecule has 138 valence electrons. The summed E-state index contributed by atoms with van der Waals surface area (Å²) in [5.74, 6) is 1.10. The lowest BCUT2D eigenvalue weighted by Gasteiger charge is -2.12. The molecule has 2 aromatic heterocycles. The number of aryl methyl sites for hydroxylation is 1. The maximum Gasteiger partial charge on any atom is 0.337 e. The monoisotopic (exact) mass is 362 g/mol. The van der Waals surface area contributed by atoms with Crippen LogP contribution in [-0.2, 0) is 11.2 Å². The van der Waals surface area contributed by atoms with Crippen LogP contribution in [0.2, 0.25) is 0 Å². The standard InChI is InChI=1S/C21H22N4O2/c1-14-15(2)24-20(18-6-4-5-12-22-18)25-19(14)23-13-11-16-7-9-17(10-8-16)21(26)27-3/h4-10,12H,11,13H2,1-3H3,(H,23,24,25). The molecule has 0 bridgehead atoms. The van der Waals surface area contributed by atoms with Crippen LogP contribution in [-0.4, -0.2) is 34.6 Å². The lowest BCUT2D eigenvalue weighted by molar-refractivity contribution is 0.0600. The first-order valence-electron chi connectivity index (χ1n) is 8.76. The summed E-state index contributed by atoms with van der Waals surface area (Å²) in [7, 11) is 1.38. The van der Waals surface area contributed by atoms with Gasteiger partial charge in [-0.25, -0.2) is 14.8 Å². The number of ether oxygens (including phenoxy) is 1. The number of carbonyl (C=O) groups is 1. The Morgan fingerprint density at radius 3 is 2.52 bits per heavy atom. The number of aromatic nitrogens is 3. The van der Waals surface area contributed by atoms with E-state index in [1.165, 1.54) is 7.11 Å². The number of hydrogen-bond donors (Lipinski definition) is 1. The first-order valence-corrected chi connectivity index (χ1v) is 8.76. The minimum Gasteiger partial charge on any atom is -0.465 e. The Hall–Kier alpha value is -3.28. The summed E-state index contributed by atoms with van der Waals surface area (Å²) in [6, 6.07) is 13.1. The van der Waals surface area contributed by atoms with Crippen molar-refractivity contribution in [1.29, 1.82) is 0 Å². The van der Waals surface area contributed by atoms with Crippen LogP contribution in [0.15, 0.2) is 48.7 Å². The van der Waals surface area contributed by atoms with Crippen molar-refractivity contribution in [3.8, 4) is 11.5 Å². The van der Waals surface area contributed by atoms with Gasteiger partial charge < -0.3 is 10.1 Å². The van der Waals surface area contributed by atoms with Crippen LogP contribution in [0, 0.1) is 13.8 Å². The second kappa shape index (κ2) is 8.40. The summed E-state index contributed by atoms with van der Waals surface area (Å²) >= 11 is 0. The number of carbonyl (C=O) groups excluding carboxylic acids is 1. The number of esters is 1. The highest BCUT2D eigenvalue weighted by molar-refractivity contribution is 5.89. The highest BCUT2D eigenvalue weighted by Gasteiger charge is 2.10. The molecule has 0 saturated heterocycles. The van der Waals surface area contributed by atoms with Crippen LogP contribution < -0.4 is 5.32 Å². The fourth-order valence-corrected chi connectivity index (χ4v) is 2.66. The minimum atomic E-state index is -0.325. The molecule has 0 saturated carbocycles. The highest BCUT2D eigenvalue weighted by Crippen LogP contribution is 2.20. The number of nitrogens with zero attached hydrogens (tertiary/aromatic N) is 3. The van der Waals surface area contributed by atoms with Gasteiger partial charge in [-0.1, -0.05) is 18.2 Å². The Kier molecular flexibility index (Phi) is 5.76. The Bertz CT molecular complexity index is 925. The number of hydrogen-bond acceptors (Lipinski definition) is 6. The topological polar surface area (TPSA) is 77.0 Å². The van der Waals surface area contributed by atoms with Gasteiger partial charge in [0.05, 0.1) is 12.7 Å². The smallest absolute Gasteiger partial charge is 0.337 e. The zero-order chi connectivity index (χ0) is 19.2. The van der Waals surface area contributed by atoms with Crippen LogP contribution >= 0.6 is 0 Å². The van der Waals surface area contributed by atoms with Crippen molar-refractivity contribution in [1.82, 2.24) is 15.0 Å². The van der Waals surface area contributed by atoms with Crippen LogP contribution in [0.4, 0.5) is 5.82 Å². The number of nitrogens with one attached hydrogen (secondary N) is 1. The first-order chi connectivity index (χ1) is 13.1. The molecule has 6 nitrogen and oxygen atoms in total. The van der Waals surface area contributed by atoms with Gasteiger partial charge in [0.15, 0.2) is 5.82 Å². The number of pyridine rings is 1. The number of anilines is 1. The van der Waals surface area contributed by atoms with Gasteiger partial charge in [-0.15, -0.1) is 0 Å². The molecule has 1 aromatic carbocycles. The molecule has 0 amide bonds. The van der Waals surface area contributed by atoms with Crippen molar-refractivity contribution in [2.45, 2.75) is 20.3 Å². The van der Waals surface area contributed by atoms with Gasteiger partial charge in [-0.3, -0.25) is 4.98 Å². The van der Waals surface area contributed by atoms with Crippen LogP contribution in [0.1, 0.15) is 27.2 Å². The van der Waals surface area contributed by atoms with Crippen LogP contribution in [0.3, 0.4) is 0 Å². The zero-order valence-corrected chi connectivity index (χ0v) is 15.7. The normalized spacial score (nSPS) is 10.5. The highest BCUT2D eigenvalue weighted by atomic mass is 16.5. The van der Waals surface area contributed by atoms with Gasteiger partial charge in [0.1, 0.15) is 11.5 Å². The Labute approximate surface area is 158 Å². The van der Waals surface area contributed by atoms with E-state index in [0.717, 1.165) is 41.3 Å². The maximum atomic E-state index is 11.5. The van der Waals surface area contributed by atoms with Gasteiger partial charge in [0.25, 0.3) is 0 Å². The van der Waals surface area contributed by atoms with E-state index in [1.54, 1.807) is 18.3 Å². The third kappa shape index (κ3) is 4.47. The summed E-state index contributed by atoms with van der Waals surface area (Å²) < 4.78 is 4.72. The maximum absolute atomic E-state index is 11.5. The number of benzene rings is 1. The third-order valence-electron chi connectivity index (χ3n) is 4.36. The molecule has 0 aliphatic carbocycles. The number of methoxy groups -OCH3 is 1. The van der Waals surface area contributed by atoms with E-state index in [1.807, 2.05) is 44.2 Å². The minimum absolute atomic E-state index is 0.325. The average molecular weight is 362 g/mol. The molecule has 0 aliphatic heterocycles. The van der Waals surface area contributed by atoms with E-state index in [2.05, 4.69) is 20.3 Å². The number of rotatable bonds is 6. The van der Waals surface area contributed by atoms with Crippen LogP contribution in [0.25, 0.3) is 11.5 Å². The Balaban J connectivity index is 1.69. The fraction of sp³-hybridized carbons (Fsp3) is 0.238. The predicted octanol–water partition coefficient (Wildman–Crippen LogP) is 3.60. The van der Waals surface area contributed by atoms with E-state index in [4.69, 9.17) is 4.74 Å². The van der Waals surface area contributed by atoms with E-state index in [-0.39, 0.29) is 5.97 Å². The van der Waals surface area contributed by atoms with Crippen LogP contribution in [0.5, 0.6) is 0 Å². The molecule has 0 radical (unpaired) electrons. The molecule has 0 fully saturated rings. The predicted molar refractivity (Wildman–Crippen MR) is 105 cm³/mol. The van der Waals surface area contributed by atoms with Crippen molar-refractivity contribution in [3.05, 3.63) is 71.0 Å². The summed E-state index contributed by atoms with van der Waals surface area (Å²) in [6.45, 7) is 4.70. The molecule has 0 atom stereocenters. The fourth-order valence-electron chi connectivity index (χ4n) is 2.66. The molecule has 1 N–H and O–H groups in total. The van der Waals surface area contributed by atoms with Gasteiger partial charge in [0, 0.05) is 24.0 Å². The molecule has 3 rings (SSSR count). The summed E-state index contributed by atoms with van der Waals surface area (Å²) in [5, 5.41) is 3.39. The second-order valence-corrected chi connectivity index (χ2v) is 6.19. The molecule has 0 unspecified atom stereocenters. The average Bonchev–Trinajstić information content (AvgIpc) is 2.71. The lowest BCUT2D eigenvalue weighted by Crippen LogP contribution is -2.10. The first kappa shape index (κ1) is 18.5. The lowest BCUT2D eigenvalue weighted by atomic mass is 10.1. The Morgan fingerprint density at radius 2 is 1.85 bits per heavy atom.